The Kier molecular flexibility index (Phi) is 15.6. The van der Waals surface area contributed by atoms with Gasteiger partial charge >= 0.3 is 0 Å². The van der Waals surface area contributed by atoms with E-state index >= 15 is 0 Å². The number of hydrogen-bond donors (Lipinski definition) is 0. The molecule has 0 bridgehead atoms. The van der Waals surface area contributed by atoms with Crippen LogP contribution in [0.1, 0.15) is 34.1 Å². The van der Waals surface area contributed by atoms with E-state index in [1.165, 1.54) is 23.1 Å². The van der Waals surface area contributed by atoms with Crippen LogP contribution in [0.25, 0.3) is 0 Å². The molecule has 1 atom stereocenters. The van der Waals surface area contributed by atoms with E-state index in [-0.39, 0.29) is 59.8 Å². The minimum atomic E-state index is -0.114. The van der Waals surface area contributed by atoms with Crippen LogP contribution in [0.2, 0.25) is 13.1 Å². The molecule has 0 fully saturated rings. The van der Waals surface area contributed by atoms with Crippen LogP contribution in [-0.4, -0.2) is 8.80 Å². The monoisotopic (exact) mass is 406 g/mol. The summed E-state index contributed by atoms with van der Waals surface area (Å²) in [6.07, 6.45) is 11.2. The van der Waals surface area contributed by atoms with Crippen LogP contribution in [0.3, 0.4) is 0 Å². The van der Waals surface area contributed by atoms with E-state index in [9.17, 15) is 0 Å². The molecule has 0 nitrogen and oxygen atoms in total. The zero-order chi connectivity index (χ0) is 13.0. The third-order valence-electron chi connectivity index (χ3n) is 3.65. The molecule has 0 aromatic rings. The van der Waals surface area contributed by atoms with Gasteiger partial charge in [-0.3, -0.25) is 6.08 Å². The first kappa shape index (κ1) is 25.6. The number of rotatable bonds is 1. The molecule has 0 spiro atoms. The summed E-state index contributed by atoms with van der Waals surface area (Å²) in [6, 6.07) is 0. The van der Waals surface area contributed by atoms with E-state index < -0.39 is 0 Å². The first-order chi connectivity index (χ1) is 7.93. The van der Waals surface area contributed by atoms with Crippen LogP contribution in [0.4, 0.5) is 0 Å². The molecular formula is C16H26Cl2SiZr-. The summed E-state index contributed by atoms with van der Waals surface area (Å²) in [6.45, 7) is 13.3. The van der Waals surface area contributed by atoms with Crippen molar-refractivity contribution in [1.29, 1.82) is 0 Å². The first-order valence-electron chi connectivity index (χ1n) is 6.37. The molecule has 1 unspecified atom stereocenters. The predicted molar refractivity (Wildman–Crippen MR) is 93.8 cm³/mol. The molecule has 0 aliphatic heterocycles. The van der Waals surface area contributed by atoms with Crippen LogP contribution in [0.5, 0.6) is 0 Å². The van der Waals surface area contributed by atoms with Gasteiger partial charge in [0.15, 0.2) is 0 Å². The third kappa shape index (κ3) is 7.59. The van der Waals surface area contributed by atoms with Gasteiger partial charge in [-0.2, -0.15) is 11.1 Å². The van der Waals surface area contributed by atoms with E-state index in [1.807, 2.05) is 0 Å². The van der Waals surface area contributed by atoms with Crippen molar-refractivity contribution in [1.82, 2.24) is 0 Å². The second kappa shape index (κ2) is 12.2. The van der Waals surface area contributed by atoms with Gasteiger partial charge in [-0.25, -0.2) is 5.57 Å². The molecular weight excluding hydrogens is 382 g/mol. The Bertz CT molecular complexity index is 407. The quantitative estimate of drug-likeness (QED) is 0.384. The van der Waals surface area contributed by atoms with Crippen molar-refractivity contribution in [3.8, 4) is 0 Å². The van der Waals surface area contributed by atoms with E-state index in [4.69, 9.17) is 0 Å². The minimum Gasteiger partial charge on any atom is -0.266 e. The largest absolute Gasteiger partial charge is 0.266 e. The van der Waals surface area contributed by atoms with Crippen molar-refractivity contribution in [3.05, 3.63) is 46.2 Å². The van der Waals surface area contributed by atoms with Crippen LogP contribution in [0.15, 0.2) is 40.1 Å². The summed E-state index contributed by atoms with van der Waals surface area (Å²) in [5, 5.41) is 1.66. The molecule has 0 heterocycles. The van der Waals surface area contributed by atoms with Gasteiger partial charge in [0.2, 0.25) is 0 Å². The second-order valence-electron chi connectivity index (χ2n) is 5.12. The van der Waals surface area contributed by atoms with Crippen molar-refractivity contribution in [2.45, 2.75) is 47.2 Å². The van der Waals surface area contributed by atoms with E-state index in [1.54, 1.807) is 5.20 Å². The van der Waals surface area contributed by atoms with Gasteiger partial charge in [-0.15, -0.1) is 31.7 Å². The maximum absolute atomic E-state index is 3.36. The fourth-order valence-electron chi connectivity index (χ4n) is 1.98. The Morgan fingerprint density at radius 3 is 1.85 bits per heavy atom. The topological polar surface area (TPSA) is 0 Å². The second-order valence-corrected chi connectivity index (χ2v) is 7.77. The Morgan fingerprint density at radius 1 is 1.15 bits per heavy atom. The summed E-state index contributed by atoms with van der Waals surface area (Å²) < 4.78 is 0. The Hall–Kier alpha value is 0.640. The van der Waals surface area contributed by atoms with Gasteiger partial charge in [0.05, 0.1) is 8.80 Å². The summed E-state index contributed by atoms with van der Waals surface area (Å²) in [7, 11) is -0.114. The molecule has 2 aliphatic carbocycles. The van der Waals surface area contributed by atoms with Gasteiger partial charge in [0.1, 0.15) is 0 Å². The van der Waals surface area contributed by atoms with E-state index in [2.05, 4.69) is 65.1 Å². The first-order valence-corrected chi connectivity index (χ1v) is 8.87. The predicted octanol–water partition coefficient (Wildman–Crippen LogP) is 5.73. The summed E-state index contributed by atoms with van der Waals surface area (Å²) in [4.78, 5) is 0. The van der Waals surface area contributed by atoms with Gasteiger partial charge in [-0.1, -0.05) is 63.2 Å². The smallest absolute Gasteiger partial charge is 0.0741 e. The average Bonchev–Trinajstić information content (AvgIpc) is 2.87. The normalized spacial score (nSPS) is 19.2. The van der Waals surface area contributed by atoms with Gasteiger partial charge in [0, 0.05) is 26.2 Å². The molecule has 4 heteroatoms. The summed E-state index contributed by atoms with van der Waals surface area (Å²) >= 11 is 0. The molecule has 113 valence electrons. The fourth-order valence-corrected chi connectivity index (χ4v) is 2.94. The maximum Gasteiger partial charge on any atom is 0.0741 e. The van der Waals surface area contributed by atoms with Gasteiger partial charge in [0.25, 0.3) is 0 Å². The molecule has 0 amide bonds. The third-order valence-corrected chi connectivity index (χ3v) is 5.31. The summed E-state index contributed by atoms with van der Waals surface area (Å²) in [5.41, 5.74) is 4.25. The van der Waals surface area contributed by atoms with Crippen LogP contribution in [0, 0.1) is 12.0 Å². The van der Waals surface area contributed by atoms with Gasteiger partial charge in [-0.05, 0) is 6.42 Å². The van der Waals surface area contributed by atoms with Crippen molar-refractivity contribution in [3.63, 3.8) is 0 Å². The average molecular weight is 409 g/mol. The fraction of sp³-hybridized carbons (Fsp3) is 0.500. The van der Waals surface area contributed by atoms with Crippen LogP contribution < -0.4 is 0 Å². The van der Waals surface area contributed by atoms with Crippen LogP contribution in [-0.2, 0) is 26.2 Å². The standard InChI is InChI=1S/C9H13.C7H11Si.2ClH.Zr/c1-6-5-7(2)9(4)8(6)3;1-8(2)7-5-3-4-6-7;;;/h6H,1-4H3;3-5H,6H2,1-2H3;2*1H;/q-1;;;;. The Labute approximate surface area is 158 Å². The molecule has 0 saturated heterocycles. The molecule has 1 radical (unpaired) electrons. The molecule has 2 aliphatic rings. The molecule has 2 rings (SSSR count). The van der Waals surface area contributed by atoms with Crippen molar-refractivity contribution in [2.24, 2.45) is 5.92 Å². The number of allylic oxidation sites excluding steroid dienone is 8. The SMILES string of the molecule is CC1=[C-]C(C)C(C)=C1C.C[Si](C)C1=CC=CC1.Cl.Cl.[Zr]. The number of halogens is 2. The number of hydrogen-bond acceptors (Lipinski definition) is 0. The zero-order valence-electron chi connectivity index (χ0n) is 13.3. The maximum atomic E-state index is 3.36. The van der Waals surface area contributed by atoms with E-state index in [0.29, 0.717) is 5.92 Å². The minimum absolute atomic E-state index is 0. The molecule has 0 aromatic heterocycles. The Morgan fingerprint density at radius 2 is 1.70 bits per heavy atom. The van der Waals surface area contributed by atoms with Crippen molar-refractivity contribution < 1.29 is 26.2 Å². The van der Waals surface area contributed by atoms with Crippen molar-refractivity contribution in [2.75, 3.05) is 0 Å². The molecule has 20 heavy (non-hydrogen) atoms. The van der Waals surface area contributed by atoms with Crippen LogP contribution >= 0.6 is 24.8 Å². The summed E-state index contributed by atoms with van der Waals surface area (Å²) in [5.74, 6) is 0.560. The van der Waals surface area contributed by atoms with Crippen molar-refractivity contribution >= 4 is 33.6 Å². The molecule has 0 saturated carbocycles. The van der Waals surface area contributed by atoms with Gasteiger partial charge < -0.3 is 0 Å². The Balaban J connectivity index is -0.000000252. The zero-order valence-corrected chi connectivity index (χ0v) is 18.4. The van der Waals surface area contributed by atoms with E-state index in [0.717, 1.165) is 0 Å². The molecule has 0 aromatic carbocycles. The molecule has 0 N–H and O–H groups in total.